The number of amides is 1. The predicted octanol–water partition coefficient (Wildman–Crippen LogP) is 6.14. The van der Waals surface area contributed by atoms with Gasteiger partial charge in [-0.2, -0.15) is 13.2 Å². The highest BCUT2D eigenvalue weighted by atomic mass is 19.4. The Morgan fingerprint density at radius 1 is 1.09 bits per heavy atom. The van der Waals surface area contributed by atoms with Gasteiger partial charge in [-0.05, 0) is 43.9 Å². The Balaban J connectivity index is 1.99. The Bertz CT molecular complexity index is 969. The largest absolute Gasteiger partial charge is 0.444 e. The first-order chi connectivity index (χ1) is 15.2. The van der Waals surface area contributed by atoms with E-state index in [2.05, 4.69) is 6.92 Å². The van der Waals surface area contributed by atoms with Gasteiger partial charge in [0.1, 0.15) is 5.60 Å². The van der Waals surface area contributed by atoms with Gasteiger partial charge in [0, 0.05) is 24.4 Å². The molecule has 0 bridgehead atoms. The van der Waals surface area contributed by atoms with E-state index in [0.29, 0.717) is 13.1 Å². The fraction of sp³-hybridized carbons (Fsp3) is 0.500. The zero-order valence-corrected chi connectivity index (χ0v) is 19.7. The van der Waals surface area contributed by atoms with Crippen LogP contribution >= 0.6 is 0 Å². The molecule has 0 saturated carbocycles. The van der Waals surface area contributed by atoms with Crippen molar-refractivity contribution in [1.82, 2.24) is 4.90 Å². The summed E-state index contributed by atoms with van der Waals surface area (Å²) >= 11 is 0. The lowest BCUT2D eigenvalue weighted by Gasteiger charge is -2.33. The van der Waals surface area contributed by atoms with Gasteiger partial charge in [-0.15, -0.1) is 0 Å². The average Bonchev–Trinajstić information content (AvgIpc) is 3.11. The molecule has 7 heteroatoms. The van der Waals surface area contributed by atoms with Gasteiger partial charge in [-0.1, -0.05) is 68.4 Å². The highest BCUT2D eigenvalue weighted by Gasteiger charge is 2.54. The number of alkyl halides is 3. The molecule has 0 aromatic heterocycles. The Morgan fingerprint density at radius 2 is 1.67 bits per heavy atom. The third kappa shape index (κ3) is 4.88. The number of carbonyl (C=O) groups is 1. The van der Waals surface area contributed by atoms with E-state index < -0.39 is 35.3 Å². The minimum absolute atomic E-state index is 0.165. The molecule has 0 radical (unpaired) electrons. The first-order valence-corrected chi connectivity index (χ1v) is 11.1. The van der Waals surface area contributed by atoms with Crippen molar-refractivity contribution in [1.29, 1.82) is 0 Å². The molecule has 2 aromatic rings. The van der Waals surface area contributed by atoms with Crippen LogP contribution in [-0.2, 0) is 15.8 Å². The second kappa shape index (κ2) is 8.67. The number of ether oxygens (including phenoxy) is 1. The highest BCUT2D eigenvalue weighted by Crippen LogP contribution is 2.47. The molecule has 1 aliphatic heterocycles. The molecule has 4 nitrogen and oxygen atoms in total. The van der Waals surface area contributed by atoms with Crippen molar-refractivity contribution in [3.63, 3.8) is 0 Å². The van der Waals surface area contributed by atoms with Crippen molar-refractivity contribution < 1.29 is 27.8 Å². The molecule has 0 aliphatic carbocycles. The number of carbonyl (C=O) groups excluding carboxylic acids is 1. The summed E-state index contributed by atoms with van der Waals surface area (Å²) in [4.78, 5) is 14.5. The van der Waals surface area contributed by atoms with Crippen molar-refractivity contribution in [2.24, 2.45) is 0 Å². The molecule has 1 amide bonds. The van der Waals surface area contributed by atoms with E-state index >= 15 is 0 Å². The molecule has 3 rings (SSSR count). The van der Waals surface area contributed by atoms with Crippen LogP contribution in [0.2, 0.25) is 0 Å². The average molecular weight is 464 g/mol. The van der Waals surface area contributed by atoms with Gasteiger partial charge in [-0.25, -0.2) is 4.79 Å². The lowest BCUT2D eigenvalue weighted by Crippen LogP contribution is -2.41. The molecule has 1 unspecified atom stereocenters. The standard InChI is InChI=1S/C26H32F3NO3/c1-6-25(32,26(27,28)29)20-14-12-18(13-15-20)21-16-30(22(31)33-23(2,3)4)17-24(21,5)19-10-8-7-9-11-19/h7-15,21,32H,6,16-17H2,1-5H3/t21-,24+,25?/m0/s1. The van der Waals surface area contributed by atoms with Gasteiger partial charge in [0.2, 0.25) is 0 Å². The van der Waals surface area contributed by atoms with E-state index in [9.17, 15) is 23.1 Å². The normalized spacial score (nSPS) is 23.3. The monoisotopic (exact) mass is 463 g/mol. The number of nitrogens with zero attached hydrogens (tertiary/aromatic N) is 1. The molecule has 1 saturated heterocycles. The summed E-state index contributed by atoms with van der Waals surface area (Å²) in [6, 6.07) is 15.7. The summed E-state index contributed by atoms with van der Waals surface area (Å²) in [6.45, 7) is 9.58. The molecular weight excluding hydrogens is 431 g/mol. The quantitative estimate of drug-likeness (QED) is 0.593. The minimum atomic E-state index is -4.78. The number of rotatable bonds is 4. The first kappa shape index (κ1) is 25.1. The maximum absolute atomic E-state index is 13.5. The van der Waals surface area contributed by atoms with Crippen LogP contribution in [0.4, 0.5) is 18.0 Å². The van der Waals surface area contributed by atoms with E-state index in [1.807, 2.05) is 51.1 Å². The van der Waals surface area contributed by atoms with E-state index in [1.165, 1.54) is 19.1 Å². The Hall–Kier alpha value is -2.54. The molecule has 180 valence electrons. The van der Waals surface area contributed by atoms with Crippen molar-refractivity contribution in [3.05, 3.63) is 71.3 Å². The number of halogens is 3. The van der Waals surface area contributed by atoms with E-state index in [-0.39, 0.29) is 11.5 Å². The van der Waals surface area contributed by atoms with Crippen LogP contribution in [-0.4, -0.2) is 41.0 Å². The smallest absolute Gasteiger partial charge is 0.421 e. The second-order valence-electron chi connectivity index (χ2n) is 10.0. The third-order valence-corrected chi connectivity index (χ3v) is 6.55. The summed E-state index contributed by atoms with van der Waals surface area (Å²) in [5.41, 5.74) is -2.36. The lowest BCUT2D eigenvalue weighted by molar-refractivity contribution is -0.267. The van der Waals surface area contributed by atoms with Crippen molar-refractivity contribution in [2.75, 3.05) is 13.1 Å². The highest BCUT2D eigenvalue weighted by molar-refractivity contribution is 5.69. The van der Waals surface area contributed by atoms with Gasteiger partial charge >= 0.3 is 12.3 Å². The molecular formula is C26H32F3NO3. The van der Waals surface area contributed by atoms with E-state index in [4.69, 9.17) is 4.74 Å². The van der Waals surface area contributed by atoms with Gasteiger partial charge in [0.15, 0.2) is 5.60 Å². The number of aliphatic hydroxyl groups is 1. The number of hydrogen-bond acceptors (Lipinski definition) is 3. The predicted molar refractivity (Wildman–Crippen MR) is 121 cm³/mol. The van der Waals surface area contributed by atoms with Crippen LogP contribution in [0.25, 0.3) is 0 Å². The molecule has 33 heavy (non-hydrogen) atoms. The van der Waals surface area contributed by atoms with E-state index in [1.54, 1.807) is 17.0 Å². The van der Waals surface area contributed by atoms with Crippen LogP contribution in [0.15, 0.2) is 54.6 Å². The third-order valence-electron chi connectivity index (χ3n) is 6.55. The van der Waals surface area contributed by atoms with Crippen LogP contribution in [0.3, 0.4) is 0 Å². The maximum Gasteiger partial charge on any atom is 0.421 e. The van der Waals surface area contributed by atoms with Gasteiger partial charge in [-0.3, -0.25) is 0 Å². The number of hydrogen-bond donors (Lipinski definition) is 1. The molecule has 1 aliphatic rings. The summed E-state index contributed by atoms with van der Waals surface area (Å²) in [6.07, 6.45) is -5.67. The molecule has 2 aromatic carbocycles. The minimum Gasteiger partial charge on any atom is -0.444 e. The van der Waals surface area contributed by atoms with Crippen molar-refractivity contribution >= 4 is 6.09 Å². The molecule has 1 fully saturated rings. The Kier molecular flexibility index (Phi) is 6.59. The number of benzene rings is 2. The topological polar surface area (TPSA) is 49.8 Å². The van der Waals surface area contributed by atoms with Crippen molar-refractivity contribution in [3.8, 4) is 0 Å². The SMILES string of the molecule is CCC(O)(c1ccc([C@@H]2CN(C(=O)OC(C)(C)C)C[C@]2(C)c2ccccc2)cc1)C(F)(F)F. The maximum atomic E-state index is 13.5. The number of likely N-dealkylation sites (tertiary alicyclic amines) is 1. The van der Waals surface area contributed by atoms with Gasteiger partial charge in [0.05, 0.1) is 0 Å². The van der Waals surface area contributed by atoms with Gasteiger partial charge < -0.3 is 14.7 Å². The summed E-state index contributed by atoms with van der Waals surface area (Å²) in [5.74, 6) is -0.165. The van der Waals surface area contributed by atoms with Crippen LogP contribution in [0.1, 0.15) is 63.6 Å². The molecule has 1 N–H and O–H groups in total. The van der Waals surface area contributed by atoms with E-state index in [0.717, 1.165) is 11.1 Å². The molecule has 3 atom stereocenters. The summed E-state index contributed by atoms with van der Waals surface area (Å²) in [5, 5.41) is 10.3. The summed E-state index contributed by atoms with van der Waals surface area (Å²) < 4.78 is 46.1. The molecule has 0 spiro atoms. The van der Waals surface area contributed by atoms with Crippen LogP contribution in [0, 0.1) is 0 Å². The van der Waals surface area contributed by atoms with Crippen LogP contribution < -0.4 is 0 Å². The first-order valence-electron chi connectivity index (χ1n) is 11.1. The fourth-order valence-electron chi connectivity index (χ4n) is 4.60. The Morgan fingerprint density at radius 3 is 2.15 bits per heavy atom. The fourth-order valence-corrected chi connectivity index (χ4v) is 4.60. The van der Waals surface area contributed by atoms with Crippen LogP contribution in [0.5, 0.6) is 0 Å². The summed E-state index contributed by atoms with van der Waals surface area (Å²) in [7, 11) is 0. The zero-order valence-electron chi connectivity index (χ0n) is 19.7. The molecule has 1 heterocycles. The zero-order chi connectivity index (χ0) is 24.7. The lowest BCUT2D eigenvalue weighted by atomic mass is 9.71. The van der Waals surface area contributed by atoms with Gasteiger partial charge in [0.25, 0.3) is 0 Å². The Labute approximate surface area is 193 Å². The van der Waals surface area contributed by atoms with Crippen molar-refractivity contribution in [2.45, 2.75) is 69.8 Å². The second-order valence-corrected chi connectivity index (χ2v) is 10.0.